The van der Waals surface area contributed by atoms with E-state index in [-0.39, 0.29) is 5.82 Å². The number of pyridine rings is 1. The van der Waals surface area contributed by atoms with Crippen LogP contribution in [0.25, 0.3) is 0 Å². The van der Waals surface area contributed by atoms with Crippen molar-refractivity contribution in [1.82, 2.24) is 14.8 Å². The van der Waals surface area contributed by atoms with Gasteiger partial charge in [-0.15, -0.1) is 0 Å². The summed E-state index contributed by atoms with van der Waals surface area (Å²) < 4.78 is 13.9. The molecule has 1 aromatic heterocycles. The average Bonchev–Trinajstić information content (AvgIpc) is 2.75. The van der Waals surface area contributed by atoms with Crippen LogP contribution in [-0.2, 0) is 16.0 Å². The fraction of sp³-hybridized carbons (Fsp3) is 0.381. The maximum atomic E-state index is 13.9. The van der Waals surface area contributed by atoms with Crippen molar-refractivity contribution < 1.29 is 14.0 Å². The summed E-state index contributed by atoms with van der Waals surface area (Å²) in [7, 11) is 0. The van der Waals surface area contributed by atoms with Crippen LogP contribution in [0.2, 0.25) is 0 Å². The SMILES string of the molecule is CCN(CCc1ccncc1)C(=O)C(=O)N1CCN(c2ccccc2F)CC1. The van der Waals surface area contributed by atoms with Gasteiger partial charge in [-0.05, 0) is 43.2 Å². The number of carbonyl (C=O) groups excluding carboxylic acids is 2. The molecule has 1 aromatic carbocycles. The maximum absolute atomic E-state index is 13.9. The number of aromatic nitrogens is 1. The molecule has 7 heteroatoms. The van der Waals surface area contributed by atoms with Gasteiger partial charge >= 0.3 is 11.8 Å². The number of rotatable bonds is 5. The van der Waals surface area contributed by atoms with Gasteiger partial charge in [0.05, 0.1) is 5.69 Å². The lowest BCUT2D eigenvalue weighted by molar-refractivity contribution is -0.151. The lowest BCUT2D eigenvalue weighted by Crippen LogP contribution is -2.53. The van der Waals surface area contributed by atoms with E-state index < -0.39 is 11.8 Å². The van der Waals surface area contributed by atoms with Gasteiger partial charge in [-0.1, -0.05) is 12.1 Å². The largest absolute Gasteiger partial charge is 0.366 e. The van der Waals surface area contributed by atoms with Crippen LogP contribution in [0.5, 0.6) is 0 Å². The van der Waals surface area contributed by atoms with Crippen molar-refractivity contribution in [2.45, 2.75) is 13.3 Å². The number of halogens is 1. The summed E-state index contributed by atoms with van der Waals surface area (Å²) in [5.74, 6) is -1.23. The van der Waals surface area contributed by atoms with E-state index in [1.807, 2.05) is 24.0 Å². The van der Waals surface area contributed by atoms with Crippen LogP contribution in [0.3, 0.4) is 0 Å². The molecule has 0 unspecified atom stereocenters. The molecule has 0 radical (unpaired) electrons. The molecule has 3 rings (SSSR count). The van der Waals surface area contributed by atoms with E-state index in [9.17, 15) is 14.0 Å². The van der Waals surface area contributed by atoms with Crippen LogP contribution >= 0.6 is 0 Å². The molecule has 0 N–H and O–H groups in total. The zero-order valence-corrected chi connectivity index (χ0v) is 16.1. The number of amides is 2. The fourth-order valence-corrected chi connectivity index (χ4v) is 3.35. The minimum Gasteiger partial charge on any atom is -0.366 e. The molecule has 0 aliphatic carbocycles. The van der Waals surface area contributed by atoms with Crippen molar-refractivity contribution in [1.29, 1.82) is 0 Å². The number of para-hydroxylation sites is 1. The Balaban J connectivity index is 1.54. The van der Waals surface area contributed by atoms with E-state index >= 15 is 0 Å². The van der Waals surface area contributed by atoms with Crippen LogP contribution in [0.1, 0.15) is 12.5 Å². The van der Waals surface area contributed by atoms with E-state index in [4.69, 9.17) is 0 Å². The van der Waals surface area contributed by atoms with E-state index in [1.54, 1.807) is 40.4 Å². The Morgan fingerprint density at radius 1 is 1.07 bits per heavy atom. The van der Waals surface area contributed by atoms with Crippen LogP contribution in [-0.4, -0.2) is 65.9 Å². The minimum absolute atomic E-state index is 0.272. The van der Waals surface area contributed by atoms with Crippen molar-refractivity contribution in [3.63, 3.8) is 0 Å². The Bertz CT molecular complexity index is 807. The number of anilines is 1. The highest BCUT2D eigenvalue weighted by Gasteiger charge is 2.29. The van der Waals surface area contributed by atoms with Gasteiger partial charge in [0.15, 0.2) is 0 Å². The minimum atomic E-state index is -0.482. The first-order valence-electron chi connectivity index (χ1n) is 9.56. The number of hydrogen-bond acceptors (Lipinski definition) is 4. The maximum Gasteiger partial charge on any atom is 0.312 e. The number of nitrogens with zero attached hydrogens (tertiary/aromatic N) is 4. The van der Waals surface area contributed by atoms with Crippen LogP contribution in [0.15, 0.2) is 48.8 Å². The average molecular weight is 384 g/mol. The molecule has 1 aliphatic rings. The van der Waals surface area contributed by atoms with Crippen LogP contribution in [0, 0.1) is 5.82 Å². The van der Waals surface area contributed by atoms with E-state index in [1.165, 1.54) is 6.07 Å². The first kappa shape index (κ1) is 19.8. The molecule has 2 heterocycles. The molecule has 28 heavy (non-hydrogen) atoms. The monoisotopic (exact) mass is 384 g/mol. The molecule has 2 aromatic rings. The first-order chi connectivity index (χ1) is 13.6. The van der Waals surface area contributed by atoms with Gasteiger partial charge < -0.3 is 14.7 Å². The van der Waals surface area contributed by atoms with Crippen molar-refractivity contribution in [2.75, 3.05) is 44.2 Å². The van der Waals surface area contributed by atoms with E-state index in [0.717, 1.165) is 5.56 Å². The molecule has 148 valence electrons. The number of benzene rings is 1. The number of likely N-dealkylation sites (N-methyl/N-ethyl adjacent to an activating group) is 1. The molecular weight excluding hydrogens is 359 g/mol. The standard InChI is InChI=1S/C21H25FN4O2/c1-2-24(12-9-17-7-10-23-11-8-17)20(27)21(28)26-15-13-25(14-16-26)19-6-4-3-5-18(19)22/h3-8,10-11H,2,9,12-16H2,1H3. The molecule has 0 saturated carbocycles. The van der Waals surface area contributed by atoms with E-state index in [0.29, 0.717) is 51.4 Å². The summed E-state index contributed by atoms with van der Waals surface area (Å²) in [5.41, 5.74) is 1.61. The van der Waals surface area contributed by atoms with Gasteiger partial charge in [0.1, 0.15) is 5.82 Å². The van der Waals surface area contributed by atoms with Crippen LogP contribution < -0.4 is 4.90 Å². The smallest absolute Gasteiger partial charge is 0.312 e. The quantitative estimate of drug-likeness (QED) is 0.740. The Morgan fingerprint density at radius 3 is 2.39 bits per heavy atom. The third kappa shape index (κ3) is 4.65. The molecule has 0 bridgehead atoms. The molecule has 6 nitrogen and oxygen atoms in total. The molecule has 1 fully saturated rings. The van der Waals surface area contributed by atoms with E-state index in [2.05, 4.69) is 4.98 Å². The van der Waals surface area contributed by atoms with Crippen molar-refractivity contribution >= 4 is 17.5 Å². The Kier molecular flexibility index (Phi) is 6.57. The van der Waals surface area contributed by atoms with Gasteiger partial charge in [0.2, 0.25) is 0 Å². The second-order valence-electron chi connectivity index (χ2n) is 6.72. The molecular formula is C21H25FN4O2. The second kappa shape index (κ2) is 9.30. The lowest BCUT2D eigenvalue weighted by atomic mass is 10.2. The van der Waals surface area contributed by atoms with Gasteiger partial charge in [0, 0.05) is 51.7 Å². The predicted octanol–water partition coefficient (Wildman–Crippen LogP) is 1.96. The summed E-state index contributed by atoms with van der Waals surface area (Å²) in [5, 5.41) is 0. The second-order valence-corrected chi connectivity index (χ2v) is 6.72. The number of carbonyl (C=O) groups is 2. The first-order valence-corrected chi connectivity index (χ1v) is 9.56. The zero-order valence-electron chi connectivity index (χ0n) is 16.1. The Morgan fingerprint density at radius 2 is 1.75 bits per heavy atom. The topological polar surface area (TPSA) is 56.8 Å². The Hall–Kier alpha value is -2.96. The molecule has 1 saturated heterocycles. The molecule has 0 atom stereocenters. The lowest BCUT2D eigenvalue weighted by Gasteiger charge is -2.36. The predicted molar refractivity (Wildman–Crippen MR) is 105 cm³/mol. The van der Waals surface area contributed by atoms with Crippen molar-refractivity contribution in [3.8, 4) is 0 Å². The number of piperazine rings is 1. The third-order valence-corrected chi connectivity index (χ3v) is 5.03. The Labute approximate surface area is 164 Å². The third-order valence-electron chi connectivity index (χ3n) is 5.03. The van der Waals surface area contributed by atoms with Crippen molar-refractivity contribution in [2.24, 2.45) is 0 Å². The molecule has 1 aliphatic heterocycles. The number of hydrogen-bond donors (Lipinski definition) is 0. The van der Waals surface area contributed by atoms with Crippen molar-refractivity contribution in [3.05, 3.63) is 60.2 Å². The highest BCUT2D eigenvalue weighted by atomic mass is 19.1. The molecule has 0 spiro atoms. The van der Waals surface area contributed by atoms with Gasteiger partial charge in [-0.3, -0.25) is 14.6 Å². The van der Waals surface area contributed by atoms with Crippen LogP contribution in [0.4, 0.5) is 10.1 Å². The normalized spacial score (nSPS) is 14.1. The summed E-state index contributed by atoms with van der Waals surface area (Å²) in [6.07, 6.45) is 4.11. The molecule has 2 amide bonds. The summed E-state index contributed by atoms with van der Waals surface area (Å²) >= 11 is 0. The highest BCUT2D eigenvalue weighted by molar-refractivity contribution is 6.34. The highest BCUT2D eigenvalue weighted by Crippen LogP contribution is 2.20. The fourth-order valence-electron chi connectivity index (χ4n) is 3.35. The summed E-state index contributed by atoms with van der Waals surface area (Å²) in [6.45, 7) is 4.65. The summed E-state index contributed by atoms with van der Waals surface area (Å²) in [6, 6.07) is 10.4. The zero-order chi connectivity index (χ0) is 19.9. The summed E-state index contributed by atoms with van der Waals surface area (Å²) in [4.78, 5) is 34.3. The van der Waals surface area contributed by atoms with Gasteiger partial charge in [0.25, 0.3) is 0 Å². The van der Waals surface area contributed by atoms with Gasteiger partial charge in [-0.25, -0.2) is 4.39 Å². The van der Waals surface area contributed by atoms with Gasteiger partial charge in [-0.2, -0.15) is 0 Å².